The summed E-state index contributed by atoms with van der Waals surface area (Å²) in [6.07, 6.45) is 3.52. The van der Waals surface area contributed by atoms with Gasteiger partial charge in [0.25, 0.3) is 0 Å². The van der Waals surface area contributed by atoms with Crippen molar-refractivity contribution in [3.8, 4) is 17.2 Å². The Morgan fingerprint density at radius 1 is 1.17 bits per heavy atom. The number of methoxy groups -OCH3 is 1. The van der Waals surface area contributed by atoms with E-state index in [1.807, 2.05) is 48.5 Å². The number of nitrogens with zero attached hydrogens (tertiary/aromatic N) is 2. The van der Waals surface area contributed by atoms with Crippen LogP contribution in [0, 0.1) is 0 Å². The molecule has 0 spiro atoms. The van der Waals surface area contributed by atoms with E-state index >= 15 is 0 Å². The molecule has 0 fully saturated rings. The third-order valence-electron chi connectivity index (χ3n) is 5.19. The molecule has 3 heterocycles. The Morgan fingerprint density at radius 3 is 2.93 bits per heavy atom. The second kappa shape index (κ2) is 7.65. The number of allylic oxidation sites excluding steroid dienone is 1. The number of rotatable bonds is 4. The lowest BCUT2D eigenvalue weighted by Gasteiger charge is -2.29. The molecular formula is C24H20N2O4. The molecule has 0 unspecified atom stereocenters. The van der Waals surface area contributed by atoms with Gasteiger partial charge in [-0.1, -0.05) is 18.2 Å². The van der Waals surface area contributed by atoms with Crippen LogP contribution >= 0.6 is 0 Å². The Labute approximate surface area is 174 Å². The molecule has 2 aliphatic heterocycles. The Morgan fingerprint density at radius 2 is 2.10 bits per heavy atom. The maximum absolute atomic E-state index is 12.9. The van der Waals surface area contributed by atoms with Crippen LogP contribution in [0.2, 0.25) is 0 Å². The minimum Gasteiger partial charge on any atom is -0.497 e. The van der Waals surface area contributed by atoms with Crippen LogP contribution < -0.4 is 14.2 Å². The molecule has 0 aliphatic carbocycles. The second-order valence-corrected chi connectivity index (χ2v) is 7.22. The molecule has 2 aromatic carbocycles. The highest BCUT2D eigenvalue weighted by Crippen LogP contribution is 2.42. The van der Waals surface area contributed by atoms with Gasteiger partial charge in [0, 0.05) is 19.3 Å². The monoisotopic (exact) mass is 400 g/mol. The third-order valence-corrected chi connectivity index (χ3v) is 5.19. The minimum absolute atomic E-state index is 0.127. The fourth-order valence-electron chi connectivity index (χ4n) is 3.71. The molecule has 0 bridgehead atoms. The fraction of sp³-hybridized carbons (Fsp3) is 0.167. The van der Waals surface area contributed by atoms with Crippen LogP contribution in [0.4, 0.5) is 0 Å². The Kier molecular flexibility index (Phi) is 4.69. The highest BCUT2D eigenvalue weighted by Gasteiger charge is 2.33. The number of carbonyl (C=O) groups excluding carboxylic acids is 1. The van der Waals surface area contributed by atoms with Gasteiger partial charge in [0.1, 0.15) is 24.0 Å². The van der Waals surface area contributed by atoms with Crippen molar-refractivity contribution in [1.82, 2.24) is 9.88 Å². The molecule has 5 rings (SSSR count). The first-order valence-electron chi connectivity index (χ1n) is 9.70. The molecule has 1 aromatic heterocycles. The van der Waals surface area contributed by atoms with Gasteiger partial charge >= 0.3 is 0 Å². The van der Waals surface area contributed by atoms with Crippen LogP contribution in [-0.4, -0.2) is 29.5 Å². The Hall–Kier alpha value is -3.64. The lowest BCUT2D eigenvalue weighted by atomic mass is 10.0. The molecule has 0 amide bonds. The zero-order valence-corrected chi connectivity index (χ0v) is 16.5. The van der Waals surface area contributed by atoms with E-state index in [1.165, 1.54) is 0 Å². The summed E-state index contributed by atoms with van der Waals surface area (Å²) in [4.78, 5) is 19.4. The van der Waals surface area contributed by atoms with Crippen LogP contribution in [0.15, 0.2) is 66.6 Å². The number of pyridine rings is 1. The average molecular weight is 400 g/mol. The van der Waals surface area contributed by atoms with E-state index in [0.29, 0.717) is 36.9 Å². The molecule has 30 heavy (non-hydrogen) atoms. The Bertz CT molecular complexity index is 1140. The quantitative estimate of drug-likeness (QED) is 0.616. The number of hydrogen-bond acceptors (Lipinski definition) is 6. The van der Waals surface area contributed by atoms with Crippen LogP contribution in [0.5, 0.6) is 17.2 Å². The molecule has 150 valence electrons. The predicted octanol–water partition coefficient (Wildman–Crippen LogP) is 4.06. The van der Waals surface area contributed by atoms with Gasteiger partial charge < -0.3 is 14.2 Å². The standard InChI is InChI=1S/C24H20N2O4/c1-28-18-7-4-5-16(11-18)12-22-23(27)19-8-9-21-20(24(19)30-22)14-26(15-29-21)13-17-6-2-3-10-25-17/h2-12H,13-15H2,1H3/b22-12-. The molecule has 2 aliphatic rings. The van der Waals surface area contributed by atoms with Crippen molar-refractivity contribution < 1.29 is 19.0 Å². The van der Waals surface area contributed by atoms with Gasteiger partial charge in [-0.15, -0.1) is 0 Å². The number of ether oxygens (including phenoxy) is 3. The summed E-state index contributed by atoms with van der Waals surface area (Å²) in [5.41, 5.74) is 3.25. The topological polar surface area (TPSA) is 60.9 Å². The number of benzene rings is 2. The molecule has 0 radical (unpaired) electrons. The maximum atomic E-state index is 12.9. The van der Waals surface area contributed by atoms with Crippen LogP contribution in [0.1, 0.15) is 27.2 Å². The van der Waals surface area contributed by atoms with Crippen LogP contribution in [0.3, 0.4) is 0 Å². The van der Waals surface area contributed by atoms with E-state index in [0.717, 1.165) is 28.3 Å². The first-order chi connectivity index (χ1) is 14.7. The van der Waals surface area contributed by atoms with Gasteiger partial charge in [-0.25, -0.2) is 0 Å². The Balaban J connectivity index is 1.43. The SMILES string of the molecule is COc1cccc(/C=C2\Oc3c(ccc4c3CN(Cc3ccccn3)CO4)C2=O)c1. The molecule has 0 saturated heterocycles. The lowest BCUT2D eigenvalue weighted by Crippen LogP contribution is -2.32. The summed E-state index contributed by atoms with van der Waals surface area (Å²) in [6, 6.07) is 17.0. The lowest BCUT2D eigenvalue weighted by molar-refractivity contribution is 0.0861. The van der Waals surface area contributed by atoms with Crippen molar-refractivity contribution in [1.29, 1.82) is 0 Å². The summed E-state index contributed by atoms with van der Waals surface area (Å²) in [5, 5.41) is 0. The molecule has 6 heteroatoms. The van der Waals surface area contributed by atoms with Gasteiger partial charge in [-0.05, 0) is 48.0 Å². The smallest absolute Gasteiger partial charge is 0.231 e. The van der Waals surface area contributed by atoms with E-state index in [9.17, 15) is 4.79 Å². The minimum atomic E-state index is -0.127. The number of hydrogen-bond donors (Lipinski definition) is 0. The van der Waals surface area contributed by atoms with Gasteiger partial charge in [-0.3, -0.25) is 14.7 Å². The molecule has 6 nitrogen and oxygen atoms in total. The molecule has 0 atom stereocenters. The van der Waals surface area contributed by atoms with Gasteiger partial charge in [-0.2, -0.15) is 0 Å². The van der Waals surface area contributed by atoms with E-state index in [4.69, 9.17) is 14.2 Å². The molecular weight excluding hydrogens is 380 g/mol. The van der Waals surface area contributed by atoms with Gasteiger partial charge in [0.2, 0.25) is 5.78 Å². The summed E-state index contributed by atoms with van der Waals surface area (Å²) in [5.74, 6) is 2.23. The molecule has 3 aromatic rings. The van der Waals surface area contributed by atoms with Crippen molar-refractivity contribution in [3.05, 3.63) is 88.9 Å². The third kappa shape index (κ3) is 3.42. The second-order valence-electron chi connectivity index (χ2n) is 7.22. The maximum Gasteiger partial charge on any atom is 0.231 e. The highest BCUT2D eigenvalue weighted by atomic mass is 16.5. The number of aromatic nitrogens is 1. The van der Waals surface area contributed by atoms with Crippen LogP contribution in [-0.2, 0) is 13.1 Å². The number of Topliss-reactive ketones (excluding diaryl/α,β-unsaturated/α-hetero) is 1. The van der Waals surface area contributed by atoms with Gasteiger partial charge in [0.05, 0.1) is 23.9 Å². The molecule has 0 N–H and O–H groups in total. The van der Waals surface area contributed by atoms with Crippen molar-refractivity contribution in [2.75, 3.05) is 13.8 Å². The van der Waals surface area contributed by atoms with Crippen LogP contribution in [0.25, 0.3) is 6.08 Å². The number of ketones is 1. The van der Waals surface area contributed by atoms with E-state index in [2.05, 4.69) is 9.88 Å². The highest BCUT2D eigenvalue weighted by molar-refractivity contribution is 6.15. The number of carbonyl (C=O) groups is 1. The summed E-state index contributed by atoms with van der Waals surface area (Å²) in [7, 11) is 1.61. The predicted molar refractivity (Wildman–Crippen MR) is 111 cm³/mol. The van der Waals surface area contributed by atoms with E-state index in [-0.39, 0.29) is 5.78 Å². The summed E-state index contributed by atoms with van der Waals surface area (Å²) >= 11 is 0. The largest absolute Gasteiger partial charge is 0.497 e. The zero-order chi connectivity index (χ0) is 20.5. The van der Waals surface area contributed by atoms with Crippen molar-refractivity contribution >= 4 is 11.9 Å². The first-order valence-corrected chi connectivity index (χ1v) is 9.70. The van der Waals surface area contributed by atoms with Crippen molar-refractivity contribution in [2.24, 2.45) is 0 Å². The normalized spacial score (nSPS) is 16.6. The van der Waals surface area contributed by atoms with Gasteiger partial charge in [0.15, 0.2) is 5.76 Å². The van der Waals surface area contributed by atoms with Crippen molar-refractivity contribution in [3.63, 3.8) is 0 Å². The first kappa shape index (κ1) is 18.4. The van der Waals surface area contributed by atoms with E-state index in [1.54, 1.807) is 25.4 Å². The summed E-state index contributed by atoms with van der Waals surface area (Å²) < 4.78 is 17.2. The van der Waals surface area contributed by atoms with Crippen molar-refractivity contribution in [2.45, 2.75) is 13.1 Å². The summed E-state index contributed by atoms with van der Waals surface area (Å²) in [6.45, 7) is 1.74. The zero-order valence-electron chi connectivity index (χ0n) is 16.5. The van der Waals surface area contributed by atoms with E-state index < -0.39 is 0 Å². The number of fused-ring (bicyclic) bond motifs is 3. The average Bonchev–Trinajstić information content (AvgIpc) is 3.10. The molecule has 0 saturated carbocycles. The fourth-order valence-corrected chi connectivity index (χ4v) is 3.71.